The summed E-state index contributed by atoms with van der Waals surface area (Å²) in [6, 6.07) is 10.5. The Morgan fingerprint density at radius 3 is 2.71 bits per heavy atom. The molecule has 0 atom stereocenters. The summed E-state index contributed by atoms with van der Waals surface area (Å²) >= 11 is 6.19. The second-order valence-electron chi connectivity index (χ2n) is 8.44. The number of halogens is 2. The standard InChI is InChI=1S/C24H25ClFN7O/c1-15-12-16(6-7-20(15)32-10-8-27-9-11-32)29-24-28-13-17-22(30-24)31(2)14-33(23(17)34)21-18(25)4-3-5-19(21)26/h3-7,12-13,27H,8-11,14H2,1-2H3,(H,28,29,30). The summed E-state index contributed by atoms with van der Waals surface area (Å²) in [4.78, 5) is 27.5. The van der Waals surface area contributed by atoms with Crippen LogP contribution in [0.4, 0.5) is 33.2 Å². The van der Waals surface area contributed by atoms with Gasteiger partial charge in [0.25, 0.3) is 5.91 Å². The van der Waals surface area contributed by atoms with Gasteiger partial charge in [-0.1, -0.05) is 17.7 Å². The molecule has 3 heterocycles. The van der Waals surface area contributed by atoms with Gasteiger partial charge in [-0.05, 0) is 42.8 Å². The molecular weight excluding hydrogens is 457 g/mol. The number of aromatic nitrogens is 2. The number of anilines is 5. The minimum absolute atomic E-state index is 0.0499. The van der Waals surface area contributed by atoms with Crippen molar-refractivity contribution in [3.63, 3.8) is 0 Å². The lowest BCUT2D eigenvalue weighted by Crippen LogP contribution is -2.46. The number of rotatable bonds is 4. The highest BCUT2D eigenvalue weighted by molar-refractivity contribution is 6.34. The second-order valence-corrected chi connectivity index (χ2v) is 8.84. The molecule has 0 unspecified atom stereocenters. The van der Waals surface area contributed by atoms with E-state index in [1.165, 1.54) is 28.9 Å². The van der Waals surface area contributed by atoms with Gasteiger partial charge in [-0.3, -0.25) is 9.69 Å². The first-order valence-corrected chi connectivity index (χ1v) is 11.5. The van der Waals surface area contributed by atoms with Crippen LogP contribution in [0.3, 0.4) is 0 Å². The molecule has 5 rings (SSSR count). The van der Waals surface area contributed by atoms with E-state index in [-0.39, 0.29) is 22.9 Å². The number of piperazine rings is 1. The maximum absolute atomic E-state index is 14.5. The number of amides is 1. The van der Waals surface area contributed by atoms with Crippen LogP contribution < -0.4 is 25.3 Å². The van der Waals surface area contributed by atoms with E-state index in [0.717, 1.165) is 37.4 Å². The number of para-hydroxylation sites is 1. The summed E-state index contributed by atoms with van der Waals surface area (Å²) in [5, 5.41) is 6.78. The number of carbonyl (C=O) groups excluding carboxylic acids is 1. The Morgan fingerprint density at radius 2 is 1.97 bits per heavy atom. The molecule has 1 amide bonds. The maximum Gasteiger partial charge on any atom is 0.265 e. The average molecular weight is 482 g/mol. The van der Waals surface area contributed by atoms with E-state index in [2.05, 4.69) is 44.6 Å². The predicted molar refractivity (Wildman–Crippen MR) is 133 cm³/mol. The molecule has 0 saturated carbocycles. The summed E-state index contributed by atoms with van der Waals surface area (Å²) < 4.78 is 14.5. The Labute approximate surface area is 202 Å². The van der Waals surface area contributed by atoms with Crippen LogP contribution in [0.25, 0.3) is 0 Å². The topological polar surface area (TPSA) is 76.6 Å². The Bertz CT molecular complexity index is 1230. The first kappa shape index (κ1) is 22.4. The molecule has 3 aromatic rings. The van der Waals surface area contributed by atoms with Crippen LogP contribution in [0, 0.1) is 12.7 Å². The third-order valence-electron chi connectivity index (χ3n) is 6.08. The molecule has 2 aromatic carbocycles. The van der Waals surface area contributed by atoms with Gasteiger partial charge in [-0.15, -0.1) is 0 Å². The van der Waals surface area contributed by atoms with Gasteiger partial charge < -0.3 is 20.4 Å². The van der Waals surface area contributed by atoms with E-state index in [1.54, 1.807) is 18.0 Å². The van der Waals surface area contributed by atoms with Crippen LogP contribution >= 0.6 is 11.6 Å². The molecule has 2 aliphatic heterocycles. The molecule has 8 nitrogen and oxygen atoms in total. The highest BCUT2D eigenvalue weighted by atomic mass is 35.5. The summed E-state index contributed by atoms with van der Waals surface area (Å²) in [5.74, 6) is -0.107. The van der Waals surface area contributed by atoms with E-state index in [0.29, 0.717) is 11.8 Å². The number of benzene rings is 2. The lowest BCUT2D eigenvalue weighted by atomic mass is 10.1. The fourth-order valence-corrected chi connectivity index (χ4v) is 4.67. The van der Waals surface area contributed by atoms with Gasteiger partial charge in [0.15, 0.2) is 0 Å². The van der Waals surface area contributed by atoms with Crippen LogP contribution in [0.2, 0.25) is 5.02 Å². The predicted octanol–water partition coefficient (Wildman–Crippen LogP) is 3.78. The van der Waals surface area contributed by atoms with Crippen molar-refractivity contribution in [2.24, 2.45) is 0 Å². The van der Waals surface area contributed by atoms with E-state index in [1.807, 2.05) is 6.07 Å². The second kappa shape index (κ2) is 9.08. The summed E-state index contributed by atoms with van der Waals surface area (Å²) in [7, 11) is 1.79. The van der Waals surface area contributed by atoms with Gasteiger partial charge in [0.2, 0.25) is 5.95 Å². The minimum atomic E-state index is -0.559. The van der Waals surface area contributed by atoms with Crippen LogP contribution in [0.1, 0.15) is 15.9 Å². The van der Waals surface area contributed by atoms with Crippen molar-refractivity contribution >= 4 is 46.3 Å². The molecule has 0 aliphatic carbocycles. The zero-order valence-electron chi connectivity index (χ0n) is 19.0. The van der Waals surface area contributed by atoms with Crippen molar-refractivity contribution in [1.29, 1.82) is 0 Å². The fourth-order valence-electron chi connectivity index (χ4n) is 4.41. The Hall–Kier alpha value is -3.43. The number of hydrogen-bond donors (Lipinski definition) is 2. The van der Waals surface area contributed by atoms with E-state index < -0.39 is 11.7 Å². The van der Waals surface area contributed by atoms with Gasteiger partial charge in [0.05, 0.1) is 11.7 Å². The fraction of sp³-hybridized carbons (Fsp3) is 0.292. The molecule has 0 radical (unpaired) electrons. The molecular formula is C24H25ClFN7O. The zero-order valence-corrected chi connectivity index (χ0v) is 19.7. The molecule has 1 saturated heterocycles. The molecule has 2 aliphatic rings. The van der Waals surface area contributed by atoms with Crippen molar-refractivity contribution in [3.8, 4) is 0 Å². The zero-order chi connectivity index (χ0) is 23.8. The molecule has 34 heavy (non-hydrogen) atoms. The van der Waals surface area contributed by atoms with Gasteiger partial charge >= 0.3 is 0 Å². The molecule has 1 aromatic heterocycles. The normalized spacial score (nSPS) is 16.0. The van der Waals surface area contributed by atoms with Gasteiger partial charge in [0, 0.05) is 50.8 Å². The SMILES string of the molecule is Cc1cc(Nc2ncc3c(n2)N(C)CN(c2c(F)cccc2Cl)C3=O)ccc1N1CCNCC1. The monoisotopic (exact) mass is 481 g/mol. The smallest absolute Gasteiger partial charge is 0.265 e. The Balaban J connectivity index is 1.38. The number of nitrogens with one attached hydrogen (secondary N) is 2. The molecule has 0 bridgehead atoms. The first-order chi connectivity index (χ1) is 16.4. The minimum Gasteiger partial charge on any atom is -0.369 e. The Morgan fingerprint density at radius 1 is 1.18 bits per heavy atom. The van der Waals surface area contributed by atoms with E-state index in [4.69, 9.17) is 11.6 Å². The van der Waals surface area contributed by atoms with Gasteiger partial charge in [-0.2, -0.15) is 4.98 Å². The van der Waals surface area contributed by atoms with Crippen LogP contribution in [-0.4, -0.2) is 55.8 Å². The molecule has 176 valence electrons. The van der Waals surface area contributed by atoms with Crippen LogP contribution in [0.5, 0.6) is 0 Å². The first-order valence-electron chi connectivity index (χ1n) is 11.1. The maximum atomic E-state index is 14.5. The molecule has 1 fully saturated rings. The number of aryl methyl sites for hydroxylation is 1. The number of carbonyl (C=O) groups is 1. The highest BCUT2D eigenvalue weighted by Crippen LogP contribution is 2.34. The van der Waals surface area contributed by atoms with E-state index in [9.17, 15) is 9.18 Å². The lowest BCUT2D eigenvalue weighted by molar-refractivity contribution is 0.0981. The van der Waals surface area contributed by atoms with Crippen molar-refractivity contribution in [2.45, 2.75) is 6.92 Å². The molecule has 0 spiro atoms. The van der Waals surface area contributed by atoms with Crippen molar-refractivity contribution in [3.05, 3.63) is 64.6 Å². The largest absolute Gasteiger partial charge is 0.369 e. The van der Waals surface area contributed by atoms with Crippen molar-refractivity contribution in [2.75, 3.05) is 59.9 Å². The summed E-state index contributed by atoms with van der Waals surface area (Å²) in [6.07, 6.45) is 1.46. The third kappa shape index (κ3) is 4.12. The summed E-state index contributed by atoms with van der Waals surface area (Å²) in [5.41, 5.74) is 3.57. The number of nitrogens with zero attached hydrogens (tertiary/aromatic N) is 5. The van der Waals surface area contributed by atoms with Crippen molar-refractivity contribution in [1.82, 2.24) is 15.3 Å². The molecule has 2 N–H and O–H groups in total. The average Bonchev–Trinajstić information content (AvgIpc) is 2.83. The lowest BCUT2D eigenvalue weighted by Gasteiger charge is -2.35. The van der Waals surface area contributed by atoms with E-state index >= 15 is 0 Å². The Kier molecular flexibility index (Phi) is 5.97. The molecule has 10 heteroatoms. The highest BCUT2D eigenvalue weighted by Gasteiger charge is 2.33. The van der Waals surface area contributed by atoms with Crippen LogP contribution in [-0.2, 0) is 0 Å². The van der Waals surface area contributed by atoms with Gasteiger partial charge in [0.1, 0.15) is 22.9 Å². The number of hydrogen-bond acceptors (Lipinski definition) is 7. The van der Waals surface area contributed by atoms with Gasteiger partial charge in [-0.25, -0.2) is 9.37 Å². The summed E-state index contributed by atoms with van der Waals surface area (Å²) in [6.45, 7) is 6.13. The van der Waals surface area contributed by atoms with Crippen LogP contribution in [0.15, 0.2) is 42.6 Å². The number of fused-ring (bicyclic) bond motifs is 1. The quantitative estimate of drug-likeness (QED) is 0.587. The third-order valence-corrected chi connectivity index (χ3v) is 6.38. The van der Waals surface area contributed by atoms with Crippen molar-refractivity contribution < 1.29 is 9.18 Å².